The molecule has 8 heteroatoms. The van der Waals surface area contributed by atoms with Crippen LogP contribution >= 0.6 is 0 Å². The molecular formula is C21H22N2O5S. The third-order valence-electron chi connectivity index (χ3n) is 4.14. The standard InChI is InChI=1S/C14H14N2O2.C7H8O3S/c1-15-11-5-4-7-13(15)10-9-12-6-2-3-8-14(12)16(17)18;1-6-2-4-7(5-3-6)11(8,9)10/h2-11,13H,1H3;2-5H,1H3,(H,8,9,10)/b10-9+;. The molecule has 1 N–H and O–H groups in total. The SMILES string of the molecule is CN1C=CC=CC1/C=C/c1ccccc1[N+](=O)[O-].Cc1ccc(S(=O)(=O)O)cc1. The maximum atomic E-state index is 10.9. The minimum absolute atomic E-state index is 0.0666. The summed E-state index contributed by atoms with van der Waals surface area (Å²) in [6, 6.07) is 12.9. The predicted octanol–water partition coefficient (Wildman–Crippen LogP) is 4.23. The average molecular weight is 414 g/mol. The maximum Gasteiger partial charge on any atom is 0.294 e. The molecule has 0 bridgehead atoms. The van der Waals surface area contributed by atoms with Crippen LogP contribution in [0.5, 0.6) is 0 Å². The highest BCUT2D eigenvalue weighted by molar-refractivity contribution is 7.85. The summed E-state index contributed by atoms with van der Waals surface area (Å²) in [5.41, 5.74) is 1.71. The summed E-state index contributed by atoms with van der Waals surface area (Å²) in [6.07, 6.45) is 11.7. The van der Waals surface area contributed by atoms with Crippen LogP contribution in [0.1, 0.15) is 11.1 Å². The topological polar surface area (TPSA) is 101 Å². The Labute approximate surface area is 170 Å². The van der Waals surface area contributed by atoms with Crippen LogP contribution in [-0.4, -0.2) is 35.9 Å². The summed E-state index contributed by atoms with van der Waals surface area (Å²) in [7, 11) is -2.05. The van der Waals surface area contributed by atoms with Crippen molar-refractivity contribution in [3.63, 3.8) is 0 Å². The van der Waals surface area contributed by atoms with Crippen molar-refractivity contribution in [3.8, 4) is 0 Å². The van der Waals surface area contributed by atoms with E-state index >= 15 is 0 Å². The van der Waals surface area contributed by atoms with Gasteiger partial charge in [-0.05, 0) is 43.5 Å². The van der Waals surface area contributed by atoms with Gasteiger partial charge in [-0.15, -0.1) is 0 Å². The molecule has 0 saturated heterocycles. The lowest BCUT2D eigenvalue weighted by Crippen LogP contribution is -2.24. The fraction of sp³-hybridized carbons (Fsp3) is 0.143. The number of nitrogens with zero attached hydrogens (tertiary/aromatic N) is 2. The van der Waals surface area contributed by atoms with E-state index < -0.39 is 10.1 Å². The maximum absolute atomic E-state index is 10.9. The fourth-order valence-corrected chi connectivity index (χ4v) is 2.99. The molecule has 0 aliphatic carbocycles. The van der Waals surface area contributed by atoms with E-state index in [9.17, 15) is 18.5 Å². The number of hydrogen-bond acceptors (Lipinski definition) is 5. The molecule has 0 aromatic heterocycles. The first-order chi connectivity index (χ1) is 13.7. The van der Waals surface area contributed by atoms with Gasteiger partial charge in [0.2, 0.25) is 0 Å². The van der Waals surface area contributed by atoms with Gasteiger partial charge in [0.05, 0.1) is 21.4 Å². The van der Waals surface area contributed by atoms with Crippen molar-refractivity contribution in [3.05, 3.63) is 100 Å². The highest BCUT2D eigenvalue weighted by atomic mass is 32.2. The van der Waals surface area contributed by atoms with Gasteiger partial charge in [0.1, 0.15) is 0 Å². The van der Waals surface area contributed by atoms with Crippen LogP contribution in [0.15, 0.2) is 83.9 Å². The Kier molecular flexibility index (Phi) is 7.46. The highest BCUT2D eigenvalue weighted by Crippen LogP contribution is 2.20. The van der Waals surface area contributed by atoms with E-state index in [2.05, 4.69) is 0 Å². The minimum Gasteiger partial charge on any atom is -0.371 e. The van der Waals surface area contributed by atoms with Crippen molar-refractivity contribution in [1.29, 1.82) is 0 Å². The van der Waals surface area contributed by atoms with Crippen LogP contribution in [0.25, 0.3) is 6.08 Å². The zero-order valence-electron chi connectivity index (χ0n) is 16.0. The molecule has 1 heterocycles. The number of aryl methyl sites for hydroxylation is 1. The van der Waals surface area contributed by atoms with Crippen LogP contribution in [0, 0.1) is 17.0 Å². The molecule has 29 heavy (non-hydrogen) atoms. The molecule has 0 spiro atoms. The Bertz CT molecular complexity index is 1040. The molecular weight excluding hydrogens is 392 g/mol. The molecule has 152 valence electrons. The van der Waals surface area contributed by atoms with Gasteiger partial charge < -0.3 is 4.90 Å². The van der Waals surface area contributed by atoms with Crippen LogP contribution in [0.4, 0.5) is 5.69 Å². The van der Waals surface area contributed by atoms with Gasteiger partial charge in [-0.25, -0.2) is 0 Å². The smallest absolute Gasteiger partial charge is 0.294 e. The van der Waals surface area contributed by atoms with Crippen LogP contribution < -0.4 is 0 Å². The van der Waals surface area contributed by atoms with E-state index in [1.54, 1.807) is 36.4 Å². The Morgan fingerprint density at radius 1 is 1.10 bits per heavy atom. The summed E-state index contributed by atoms with van der Waals surface area (Å²) in [6.45, 7) is 1.84. The number of para-hydroxylation sites is 1. The molecule has 7 nitrogen and oxygen atoms in total. The molecule has 3 rings (SSSR count). The zero-order chi connectivity index (χ0) is 21.4. The number of rotatable bonds is 4. The van der Waals surface area contributed by atoms with Crippen molar-refractivity contribution < 1.29 is 17.9 Å². The van der Waals surface area contributed by atoms with E-state index in [0.29, 0.717) is 5.56 Å². The van der Waals surface area contributed by atoms with E-state index in [1.807, 2.05) is 49.4 Å². The van der Waals surface area contributed by atoms with Gasteiger partial charge >= 0.3 is 0 Å². The molecule has 0 amide bonds. The molecule has 1 atom stereocenters. The number of likely N-dealkylation sites (N-methyl/N-ethyl adjacent to an activating group) is 1. The molecule has 0 fully saturated rings. The van der Waals surface area contributed by atoms with Crippen molar-refractivity contribution in [2.75, 3.05) is 7.05 Å². The number of benzene rings is 2. The summed E-state index contributed by atoms with van der Waals surface area (Å²) in [5, 5.41) is 10.9. The fourth-order valence-electron chi connectivity index (χ4n) is 2.51. The van der Waals surface area contributed by atoms with Gasteiger partial charge in [-0.1, -0.05) is 48.1 Å². The van der Waals surface area contributed by atoms with E-state index in [-0.39, 0.29) is 21.5 Å². The normalized spacial score (nSPS) is 15.8. The van der Waals surface area contributed by atoms with E-state index in [1.165, 1.54) is 18.2 Å². The first-order valence-electron chi connectivity index (χ1n) is 8.71. The van der Waals surface area contributed by atoms with Gasteiger partial charge in [0.25, 0.3) is 15.8 Å². The first kappa shape index (κ1) is 22.1. The van der Waals surface area contributed by atoms with Gasteiger partial charge in [0, 0.05) is 13.1 Å². The zero-order valence-corrected chi connectivity index (χ0v) is 16.9. The quantitative estimate of drug-likeness (QED) is 0.456. The van der Waals surface area contributed by atoms with E-state index in [0.717, 1.165) is 5.56 Å². The lowest BCUT2D eigenvalue weighted by atomic mass is 10.1. The Morgan fingerprint density at radius 3 is 2.34 bits per heavy atom. The average Bonchev–Trinajstić information content (AvgIpc) is 2.68. The summed E-state index contributed by atoms with van der Waals surface area (Å²) >= 11 is 0. The molecule has 0 saturated carbocycles. The second-order valence-electron chi connectivity index (χ2n) is 6.35. The van der Waals surface area contributed by atoms with Crippen molar-refractivity contribution in [2.45, 2.75) is 17.9 Å². The van der Waals surface area contributed by atoms with Crippen LogP contribution in [0.2, 0.25) is 0 Å². The van der Waals surface area contributed by atoms with Crippen LogP contribution in [0.3, 0.4) is 0 Å². The minimum atomic E-state index is -4.02. The lowest BCUT2D eigenvalue weighted by molar-refractivity contribution is -0.385. The molecule has 1 unspecified atom stereocenters. The van der Waals surface area contributed by atoms with Crippen molar-refractivity contribution in [2.24, 2.45) is 0 Å². The molecule has 2 aromatic rings. The van der Waals surface area contributed by atoms with Gasteiger partial charge in [-0.2, -0.15) is 8.42 Å². The first-order valence-corrected chi connectivity index (χ1v) is 10.1. The number of allylic oxidation sites excluding steroid dienone is 2. The van der Waals surface area contributed by atoms with Crippen LogP contribution in [-0.2, 0) is 10.1 Å². The predicted molar refractivity (Wildman–Crippen MR) is 113 cm³/mol. The third-order valence-corrected chi connectivity index (χ3v) is 5.00. The molecule has 1 aliphatic rings. The van der Waals surface area contributed by atoms with E-state index in [4.69, 9.17) is 4.55 Å². The van der Waals surface area contributed by atoms with Crippen molar-refractivity contribution >= 4 is 21.9 Å². The van der Waals surface area contributed by atoms with Gasteiger partial charge in [-0.3, -0.25) is 14.7 Å². The number of nitro benzene ring substituents is 1. The Morgan fingerprint density at radius 2 is 1.76 bits per heavy atom. The lowest BCUT2D eigenvalue weighted by Gasteiger charge is -2.23. The second kappa shape index (κ2) is 9.81. The largest absolute Gasteiger partial charge is 0.371 e. The Hall–Kier alpha value is -3.23. The summed E-state index contributed by atoms with van der Waals surface area (Å²) in [5.74, 6) is 0. The summed E-state index contributed by atoms with van der Waals surface area (Å²) < 4.78 is 29.6. The second-order valence-corrected chi connectivity index (χ2v) is 7.77. The molecule has 2 aromatic carbocycles. The molecule has 1 aliphatic heterocycles. The highest BCUT2D eigenvalue weighted by Gasteiger charge is 2.11. The Balaban J connectivity index is 0.000000234. The molecule has 0 radical (unpaired) electrons. The van der Waals surface area contributed by atoms with Crippen molar-refractivity contribution in [1.82, 2.24) is 4.90 Å². The van der Waals surface area contributed by atoms with Gasteiger partial charge in [0.15, 0.2) is 0 Å². The summed E-state index contributed by atoms with van der Waals surface area (Å²) in [4.78, 5) is 12.5. The number of hydrogen-bond donors (Lipinski definition) is 1. The number of nitro groups is 1. The third kappa shape index (κ3) is 6.70. The monoisotopic (exact) mass is 414 g/mol.